The van der Waals surface area contributed by atoms with Crippen LogP contribution in [0.3, 0.4) is 0 Å². The van der Waals surface area contributed by atoms with Gasteiger partial charge in [-0.25, -0.2) is 0 Å². The van der Waals surface area contributed by atoms with Crippen LogP contribution in [0.2, 0.25) is 0 Å². The van der Waals surface area contributed by atoms with Gasteiger partial charge in [-0.15, -0.1) is 0 Å². The SMILES string of the molecule is CCCCCC/C=C\C/C=C\CCCCCCCC(=O)OCC(COC(=O)CCCCCCCCCCCCCCC/C=C\CCCCCCCCCC)OC(=O)CCCCCCCCCCC/C=C\C/C=C\CCCCCCC. The summed E-state index contributed by atoms with van der Waals surface area (Å²) in [6.45, 7) is 6.65. The van der Waals surface area contributed by atoms with Gasteiger partial charge in [-0.2, -0.15) is 0 Å². The first-order valence-corrected chi connectivity index (χ1v) is 35.3. The van der Waals surface area contributed by atoms with Crippen LogP contribution in [0.25, 0.3) is 0 Å². The summed E-state index contributed by atoms with van der Waals surface area (Å²) in [4.78, 5) is 38.5. The summed E-state index contributed by atoms with van der Waals surface area (Å²) >= 11 is 0. The van der Waals surface area contributed by atoms with Crippen LogP contribution in [0.5, 0.6) is 0 Å². The van der Waals surface area contributed by atoms with Gasteiger partial charge in [-0.3, -0.25) is 14.4 Å². The lowest BCUT2D eigenvalue weighted by molar-refractivity contribution is -0.167. The third-order valence-corrected chi connectivity index (χ3v) is 15.7. The first-order chi connectivity index (χ1) is 39.5. The van der Waals surface area contributed by atoms with Crippen molar-refractivity contribution in [2.24, 2.45) is 0 Å². The van der Waals surface area contributed by atoms with Crippen molar-refractivity contribution in [3.63, 3.8) is 0 Å². The Morgan fingerprint density at radius 3 is 0.713 bits per heavy atom. The highest BCUT2D eigenvalue weighted by atomic mass is 16.6. The molecule has 0 aliphatic heterocycles. The van der Waals surface area contributed by atoms with Crippen LogP contribution in [0.1, 0.15) is 374 Å². The largest absolute Gasteiger partial charge is 0.462 e. The molecular formula is C74H134O6. The van der Waals surface area contributed by atoms with E-state index >= 15 is 0 Å². The van der Waals surface area contributed by atoms with Crippen molar-refractivity contribution in [3.8, 4) is 0 Å². The minimum atomic E-state index is -0.784. The van der Waals surface area contributed by atoms with Gasteiger partial charge in [0, 0.05) is 19.3 Å². The fraction of sp³-hybridized carbons (Fsp3) is 0.824. The highest BCUT2D eigenvalue weighted by Crippen LogP contribution is 2.17. The lowest BCUT2D eigenvalue weighted by Gasteiger charge is -2.18. The normalized spacial score (nSPS) is 12.4. The Hall–Kier alpha value is -2.89. The van der Waals surface area contributed by atoms with Gasteiger partial charge in [0.25, 0.3) is 0 Å². The van der Waals surface area contributed by atoms with Gasteiger partial charge in [0.1, 0.15) is 13.2 Å². The second-order valence-corrected chi connectivity index (χ2v) is 23.8. The number of esters is 3. The summed E-state index contributed by atoms with van der Waals surface area (Å²) in [6, 6.07) is 0. The van der Waals surface area contributed by atoms with E-state index in [-0.39, 0.29) is 31.1 Å². The van der Waals surface area contributed by atoms with Crippen LogP contribution in [-0.2, 0) is 28.6 Å². The minimum absolute atomic E-state index is 0.0780. The maximum atomic E-state index is 13.0. The number of unbranched alkanes of at least 4 members (excludes halogenated alkanes) is 44. The van der Waals surface area contributed by atoms with E-state index in [2.05, 4.69) is 81.5 Å². The molecule has 1 atom stereocenters. The molecule has 0 aromatic rings. The maximum Gasteiger partial charge on any atom is 0.306 e. The molecule has 0 heterocycles. The van der Waals surface area contributed by atoms with E-state index in [4.69, 9.17) is 14.2 Å². The van der Waals surface area contributed by atoms with Gasteiger partial charge in [-0.05, 0) is 109 Å². The van der Waals surface area contributed by atoms with Crippen molar-refractivity contribution in [3.05, 3.63) is 60.8 Å². The third-order valence-electron chi connectivity index (χ3n) is 15.7. The Labute approximate surface area is 498 Å². The van der Waals surface area contributed by atoms with Crippen molar-refractivity contribution in [1.29, 1.82) is 0 Å². The zero-order valence-corrected chi connectivity index (χ0v) is 53.6. The van der Waals surface area contributed by atoms with Gasteiger partial charge < -0.3 is 14.2 Å². The molecule has 0 radical (unpaired) electrons. The standard InChI is InChI=1S/C74H134O6/c1-4-7-10-13-16-19-22-25-28-31-33-35-36-37-38-40-41-43-46-49-52-55-58-61-64-67-73(76)79-70-71(69-78-72(75)66-63-60-57-54-51-48-45-30-27-24-21-18-15-12-9-6-3)80-74(77)68-65-62-59-56-53-50-47-44-42-39-34-32-29-26-23-20-17-14-11-8-5-2/h21,23-24,26,30-34,45,71H,4-20,22,25,27-29,35-44,46-70H2,1-3H3/b24-21-,26-23-,33-31-,34-32-,45-30-. The molecular weight excluding hydrogens is 985 g/mol. The molecule has 0 rings (SSSR count). The van der Waals surface area contributed by atoms with Crippen LogP contribution in [-0.4, -0.2) is 37.2 Å². The van der Waals surface area contributed by atoms with E-state index in [1.54, 1.807) is 0 Å². The van der Waals surface area contributed by atoms with E-state index in [1.165, 1.54) is 250 Å². The number of hydrogen-bond donors (Lipinski definition) is 0. The van der Waals surface area contributed by atoms with Crippen LogP contribution in [0.15, 0.2) is 60.8 Å². The fourth-order valence-corrected chi connectivity index (χ4v) is 10.4. The smallest absolute Gasteiger partial charge is 0.306 e. The number of carbonyl (C=O) groups is 3. The first kappa shape index (κ1) is 77.1. The van der Waals surface area contributed by atoms with Crippen molar-refractivity contribution < 1.29 is 28.6 Å². The second kappa shape index (κ2) is 68.6. The lowest BCUT2D eigenvalue weighted by atomic mass is 10.0. The number of rotatable bonds is 65. The summed E-state index contributed by atoms with van der Waals surface area (Å²) in [7, 11) is 0. The molecule has 0 aliphatic carbocycles. The molecule has 0 spiro atoms. The molecule has 80 heavy (non-hydrogen) atoms. The summed E-state index contributed by atoms with van der Waals surface area (Å²) in [6.07, 6.45) is 88.1. The van der Waals surface area contributed by atoms with Crippen LogP contribution >= 0.6 is 0 Å². The Balaban J connectivity index is 4.32. The lowest BCUT2D eigenvalue weighted by Crippen LogP contribution is -2.30. The molecule has 0 bridgehead atoms. The number of hydrogen-bond acceptors (Lipinski definition) is 6. The second-order valence-electron chi connectivity index (χ2n) is 23.8. The average Bonchev–Trinajstić information content (AvgIpc) is 3.46. The molecule has 0 amide bonds. The van der Waals surface area contributed by atoms with E-state index in [0.29, 0.717) is 19.3 Å². The van der Waals surface area contributed by atoms with Crippen molar-refractivity contribution in [2.45, 2.75) is 380 Å². The van der Waals surface area contributed by atoms with Crippen molar-refractivity contribution >= 4 is 17.9 Å². The molecule has 466 valence electrons. The van der Waals surface area contributed by atoms with Gasteiger partial charge in [0.05, 0.1) is 0 Å². The Morgan fingerprint density at radius 1 is 0.250 bits per heavy atom. The summed E-state index contributed by atoms with van der Waals surface area (Å²) < 4.78 is 17.0. The predicted octanol–water partition coefficient (Wildman–Crippen LogP) is 24.3. The fourth-order valence-electron chi connectivity index (χ4n) is 10.4. The highest BCUT2D eigenvalue weighted by Gasteiger charge is 2.19. The number of allylic oxidation sites excluding steroid dienone is 10. The Morgan fingerprint density at radius 2 is 0.450 bits per heavy atom. The summed E-state index contributed by atoms with van der Waals surface area (Å²) in [5, 5.41) is 0. The van der Waals surface area contributed by atoms with E-state index in [1.807, 2.05) is 0 Å². The predicted molar refractivity (Wildman–Crippen MR) is 348 cm³/mol. The summed E-state index contributed by atoms with van der Waals surface area (Å²) in [5.41, 5.74) is 0. The average molecular weight is 1120 g/mol. The molecule has 1 unspecified atom stereocenters. The van der Waals surface area contributed by atoms with Gasteiger partial charge in [-0.1, -0.05) is 306 Å². The molecule has 0 saturated carbocycles. The van der Waals surface area contributed by atoms with E-state index in [9.17, 15) is 14.4 Å². The Bertz CT molecular complexity index is 1430. The number of ether oxygens (including phenoxy) is 3. The third kappa shape index (κ3) is 65.9. The highest BCUT2D eigenvalue weighted by molar-refractivity contribution is 5.71. The van der Waals surface area contributed by atoms with E-state index in [0.717, 1.165) is 83.5 Å². The molecule has 0 aromatic carbocycles. The van der Waals surface area contributed by atoms with Gasteiger partial charge >= 0.3 is 17.9 Å². The number of carbonyl (C=O) groups excluding carboxylic acids is 3. The van der Waals surface area contributed by atoms with Crippen molar-refractivity contribution in [2.75, 3.05) is 13.2 Å². The first-order valence-electron chi connectivity index (χ1n) is 35.3. The quantitative estimate of drug-likeness (QED) is 0.0261. The molecule has 6 nitrogen and oxygen atoms in total. The topological polar surface area (TPSA) is 78.9 Å². The van der Waals surface area contributed by atoms with Gasteiger partial charge in [0.2, 0.25) is 0 Å². The summed E-state index contributed by atoms with van der Waals surface area (Å²) in [5.74, 6) is -0.875. The van der Waals surface area contributed by atoms with Crippen molar-refractivity contribution in [1.82, 2.24) is 0 Å². The molecule has 0 fully saturated rings. The molecule has 6 heteroatoms. The van der Waals surface area contributed by atoms with E-state index < -0.39 is 6.10 Å². The van der Waals surface area contributed by atoms with Crippen LogP contribution in [0, 0.1) is 0 Å². The molecule has 0 saturated heterocycles. The molecule has 0 N–H and O–H groups in total. The monoisotopic (exact) mass is 1120 g/mol. The minimum Gasteiger partial charge on any atom is -0.462 e. The van der Waals surface area contributed by atoms with Gasteiger partial charge in [0.15, 0.2) is 6.10 Å². The molecule has 0 aromatic heterocycles. The molecule has 0 aliphatic rings. The van der Waals surface area contributed by atoms with Crippen LogP contribution < -0.4 is 0 Å². The van der Waals surface area contributed by atoms with Crippen LogP contribution in [0.4, 0.5) is 0 Å². The maximum absolute atomic E-state index is 13.0. The zero-order valence-electron chi connectivity index (χ0n) is 53.6. The Kier molecular flexibility index (Phi) is 66.1. The zero-order chi connectivity index (χ0) is 57.8.